The van der Waals surface area contributed by atoms with Crippen LogP contribution in [-0.4, -0.2) is 42.4 Å². The molecule has 0 bridgehead atoms. The molecule has 1 heterocycles. The van der Waals surface area contributed by atoms with Gasteiger partial charge in [-0.15, -0.1) is 11.3 Å². The summed E-state index contributed by atoms with van der Waals surface area (Å²) in [5.41, 5.74) is -0.299. The highest BCUT2D eigenvalue weighted by atomic mass is 32.1. The molecule has 0 saturated heterocycles. The Labute approximate surface area is 192 Å². The van der Waals surface area contributed by atoms with E-state index < -0.39 is 46.4 Å². The second-order valence-electron chi connectivity index (χ2n) is 8.91. The highest BCUT2D eigenvalue weighted by Gasteiger charge is 2.83. The Morgan fingerprint density at radius 2 is 1.56 bits per heavy atom. The van der Waals surface area contributed by atoms with Crippen molar-refractivity contribution in [3.05, 3.63) is 16.0 Å². The molecular weight excluding hydrogens is 505 g/mol. The SMILES string of the molecule is CCOC(=O)c1c(NC(=O)C(F)(F)C(F)(F)C(F)(F)C(F)(F)F)sc2c1CC[C@@H](C(C)(C)C)C2. The second kappa shape index (κ2) is 8.90. The number of hydrogen-bond donors (Lipinski definition) is 1. The second-order valence-corrected chi connectivity index (χ2v) is 10.0. The predicted octanol–water partition coefficient (Wildman–Crippen LogP) is 6.48. The Morgan fingerprint density at radius 3 is 2.03 bits per heavy atom. The van der Waals surface area contributed by atoms with Gasteiger partial charge in [-0.25, -0.2) is 4.79 Å². The summed E-state index contributed by atoms with van der Waals surface area (Å²) in [7, 11) is 0. The number of thiophene rings is 1. The van der Waals surface area contributed by atoms with Crippen molar-refractivity contribution in [1.29, 1.82) is 0 Å². The summed E-state index contributed by atoms with van der Waals surface area (Å²) >= 11 is 0.583. The van der Waals surface area contributed by atoms with Crippen molar-refractivity contribution in [3.8, 4) is 0 Å². The summed E-state index contributed by atoms with van der Waals surface area (Å²) < 4.78 is 124. The normalized spacial score (nSPS) is 17.9. The van der Waals surface area contributed by atoms with Crippen molar-refractivity contribution in [2.24, 2.45) is 11.3 Å². The van der Waals surface area contributed by atoms with Crippen LogP contribution in [0.3, 0.4) is 0 Å². The Bertz CT molecular complexity index is 948. The van der Waals surface area contributed by atoms with Gasteiger partial charge in [0.25, 0.3) is 0 Å². The van der Waals surface area contributed by atoms with Crippen LogP contribution in [0.25, 0.3) is 0 Å². The molecule has 0 aliphatic heterocycles. The number of rotatable bonds is 6. The molecule has 1 aromatic rings. The average Bonchev–Trinajstić information content (AvgIpc) is 3.03. The van der Waals surface area contributed by atoms with Gasteiger partial charge in [-0.3, -0.25) is 4.79 Å². The molecular formula is C20H22F9NO3S. The van der Waals surface area contributed by atoms with Crippen LogP contribution in [0.2, 0.25) is 0 Å². The van der Waals surface area contributed by atoms with Gasteiger partial charge in [-0.05, 0) is 43.1 Å². The standard InChI is InChI=1S/C20H22F9NO3S/c1-5-33-14(31)12-10-7-6-9(16(2,3)4)8-11(10)34-13(12)30-15(32)17(21,22)18(23,24)19(25,26)20(27,28)29/h9H,5-8H2,1-4H3,(H,30,32)/t9-/m1/s1. The molecule has 0 fully saturated rings. The minimum absolute atomic E-state index is 0.0634. The van der Waals surface area contributed by atoms with Crippen LogP contribution < -0.4 is 5.32 Å². The van der Waals surface area contributed by atoms with Gasteiger partial charge < -0.3 is 10.1 Å². The van der Waals surface area contributed by atoms with Gasteiger partial charge in [-0.1, -0.05) is 20.8 Å². The number of nitrogens with one attached hydrogen (secondary N) is 1. The zero-order chi connectivity index (χ0) is 26.5. The lowest BCUT2D eigenvalue weighted by molar-refractivity contribution is -0.388. The van der Waals surface area contributed by atoms with Crippen LogP contribution >= 0.6 is 11.3 Å². The van der Waals surface area contributed by atoms with E-state index in [0.29, 0.717) is 34.6 Å². The number of ether oxygens (including phenoxy) is 1. The molecule has 34 heavy (non-hydrogen) atoms. The van der Waals surface area contributed by atoms with Gasteiger partial charge in [0.1, 0.15) is 5.00 Å². The smallest absolute Gasteiger partial charge is 0.460 e. The van der Waals surface area contributed by atoms with Crippen LogP contribution in [0, 0.1) is 11.3 Å². The van der Waals surface area contributed by atoms with E-state index in [2.05, 4.69) is 0 Å². The van der Waals surface area contributed by atoms with Crippen molar-refractivity contribution in [1.82, 2.24) is 0 Å². The molecule has 1 aromatic heterocycles. The topological polar surface area (TPSA) is 55.4 Å². The van der Waals surface area contributed by atoms with Crippen molar-refractivity contribution in [2.45, 2.75) is 70.9 Å². The first-order chi connectivity index (χ1) is 15.2. The fraction of sp³-hybridized carbons (Fsp3) is 0.700. The van der Waals surface area contributed by atoms with E-state index >= 15 is 0 Å². The zero-order valence-electron chi connectivity index (χ0n) is 18.4. The Morgan fingerprint density at radius 1 is 1.00 bits per heavy atom. The van der Waals surface area contributed by atoms with E-state index in [1.165, 1.54) is 12.2 Å². The van der Waals surface area contributed by atoms with Crippen LogP contribution in [0.15, 0.2) is 0 Å². The first-order valence-electron chi connectivity index (χ1n) is 10.0. The third-order valence-electron chi connectivity index (χ3n) is 5.63. The monoisotopic (exact) mass is 527 g/mol. The lowest BCUT2D eigenvalue weighted by Crippen LogP contribution is -2.64. The maximum Gasteiger partial charge on any atom is 0.460 e. The number of esters is 1. The summed E-state index contributed by atoms with van der Waals surface area (Å²) in [6.07, 6.45) is -5.92. The third kappa shape index (κ3) is 4.74. The molecule has 1 aliphatic rings. The fourth-order valence-electron chi connectivity index (χ4n) is 3.53. The molecule has 0 aromatic carbocycles. The molecule has 1 N–H and O–H groups in total. The summed E-state index contributed by atoms with van der Waals surface area (Å²) in [4.78, 5) is 24.8. The van der Waals surface area contributed by atoms with Gasteiger partial charge in [0.2, 0.25) is 0 Å². The number of hydrogen-bond acceptors (Lipinski definition) is 4. The predicted molar refractivity (Wildman–Crippen MR) is 105 cm³/mol. The molecule has 0 spiro atoms. The van der Waals surface area contributed by atoms with Crippen LogP contribution in [0.1, 0.15) is 54.9 Å². The van der Waals surface area contributed by atoms with E-state index in [4.69, 9.17) is 4.74 Å². The van der Waals surface area contributed by atoms with Crippen molar-refractivity contribution in [2.75, 3.05) is 11.9 Å². The lowest BCUT2D eigenvalue weighted by atomic mass is 9.72. The number of halogens is 9. The molecule has 14 heteroatoms. The number of amides is 1. The van der Waals surface area contributed by atoms with Gasteiger partial charge in [0.05, 0.1) is 12.2 Å². The van der Waals surface area contributed by atoms with Gasteiger partial charge in [0.15, 0.2) is 0 Å². The van der Waals surface area contributed by atoms with Crippen molar-refractivity contribution < 1.29 is 53.8 Å². The summed E-state index contributed by atoms with van der Waals surface area (Å²) in [5, 5.41) is 0.592. The summed E-state index contributed by atoms with van der Waals surface area (Å²) in [5.74, 6) is -24.9. The van der Waals surface area contributed by atoms with Crippen LogP contribution in [0.5, 0.6) is 0 Å². The molecule has 2 rings (SSSR count). The van der Waals surface area contributed by atoms with E-state index in [0.717, 1.165) is 0 Å². The van der Waals surface area contributed by atoms with E-state index in [9.17, 15) is 49.1 Å². The Balaban J connectivity index is 2.49. The number of carbonyl (C=O) groups excluding carboxylic acids is 2. The molecule has 4 nitrogen and oxygen atoms in total. The molecule has 0 saturated carbocycles. The average molecular weight is 527 g/mol. The van der Waals surface area contributed by atoms with E-state index in [-0.39, 0.29) is 24.4 Å². The molecule has 0 radical (unpaired) electrons. The highest BCUT2D eigenvalue weighted by molar-refractivity contribution is 7.17. The lowest BCUT2D eigenvalue weighted by Gasteiger charge is -2.33. The Kier molecular flexibility index (Phi) is 7.40. The number of fused-ring (bicyclic) bond motifs is 1. The number of alkyl halides is 9. The molecule has 1 atom stereocenters. The molecule has 1 amide bonds. The van der Waals surface area contributed by atoms with Crippen molar-refractivity contribution >= 4 is 28.2 Å². The minimum atomic E-state index is -7.21. The quantitative estimate of drug-likeness (QED) is 0.340. The molecule has 0 unspecified atom stereocenters. The van der Waals surface area contributed by atoms with Crippen molar-refractivity contribution in [3.63, 3.8) is 0 Å². The first kappa shape index (κ1) is 28.2. The minimum Gasteiger partial charge on any atom is -0.462 e. The zero-order valence-corrected chi connectivity index (χ0v) is 19.3. The first-order valence-corrected chi connectivity index (χ1v) is 10.8. The number of carbonyl (C=O) groups is 2. The fourth-order valence-corrected chi connectivity index (χ4v) is 4.84. The highest BCUT2D eigenvalue weighted by Crippen LogP contribution is 2.53. The molecule has 1 aliphatic carbocycles. The van der Waals surface area contributed by atoms with Gasteiger partial charge in [-0.2, -0.15) is 39.5 Å². The van der Waals surface area contributed by atoms with Crippen LogP contribution in [0.4, 0.5) is 44.5 Å². The van der Waals surface area contributed by atoms with Crippen LogP contribution in [-0.2, 0) is 22.4 Å². The summed E-state index contributed by atoms with van der Waals surface area (Å²) in [6.45, 7) is 7.06. The summed E-state index contributed by atoms with van der Waals surface area (Å²) in [6, 6.07) is 0. The van der Waals surface area contributed by atoms with Gasteiger partial charge in [0, 0.05) is 4.88 Å². The Hall–Kier alpha value is -1.99. The third-order valence-corrected chi connectivity index (χ3v) is 6.80. The van der Waals surface area contributed by atoms with E-state index in [1.54, 1.807) is 0 Å². The van der Waals surface area contributed by atoms with Gasteiger partial charge >= 0.3 is 35.8 Å². The maximum atomic E-state index is 14.0. The maximum absolute atomic E-state index is 14.0. The largest absolute Gasteiger partial charge is 0.462 e. The van der Waals surface area contributed by atoms with E-state index in [1.807, 2.05) is 20.8 Å². The molecule has 194 valence electrons. The number of anilines is 1.